The molecule has 1 aliphatic heterocycles. The molecule has 31 heavy (non-hydrogen) atoms. The molecule has 1 aliphatic rings. The van der Waals surface area contributed by atoms with Crippen LogP contribution in [0.2, 0.25) is 0 Å². The fourth-order valence-corrected chi connectivity index (χ4v) is 3.40. The van der Waals surface area contributed by atoms with Crippen LogP contribution < -0.4 is 15.0 Å². The van der Waals surface area contributed by atoms with Crippen LogP contribution in [0, 0.1) is 5.82 Å². The van der Waals surface area contributed by atoms with E-state index in [9.17, 15) is 14.0 Å². The number of imide groups is 1. The summed E-state index contributed by atoms with van der Waals surface area (Å²) in [6.07, 6.45) is 0.872. The summed E-state index contributed by atoms with van der Waals surface area (Å²) in [5.74, 6) is -0.925. The topological polar surface area (TPSA) is 58.6 Å². The number of ether oxygens (including phenoxy) is 1. The van der Waals surface area contributed by atoms with E-state index in [0.717, 1.165) is 11.3 Å². The molecule has 6 heteroatoms. The van der Waals surface area contributed by atoms with Crippen LogP contribution in [-0.2, 0) is 9.59 Å². The summed E-state index contributed by atoms with van der Waals surface area (Å²) in [7, 11) is 0. The van der Waals surface area contributed by atoms with Gasteiger partial charge in [-0.15, -0.1) is 0 Å². The second-order valence-electron chi connectivity index (χ2n) is 7.04. The molecule has 0 aliphatic carbocycles. The van der Waals surface area contributed by atoms with Crippen LogP contribution in [0.15, 0.2) is 84.6 Å². The predicted octanol–water partition coefficient (Wildman–Crippen LogP) is 5.01. The van der Waals surface area contributed by atoms with E-state index in [1.165, 1.54) is 24.3 Å². The number of rotatable bonds is 7. The second kappa shape index (κ2) is 8.83. The van der Waals surface area contributed by atoms with Crippen LogP contribution in [0.5, 0.6) is 5.75 Å². The smallest absolute Gasteiger partial charge is 0.282 e. The lowest BCUT2D eigenvalue weighted by molar-refractivity contribution is -0.120. The van der Waals surface area contributed by atoms with Gasteiger partial charge in [-0.1, -0.05) is 49.4 Å². The molecule has 1 heterocycles. The summed E-state index contributed by atoms with van der Waals surface area (Å²) in [5, 5.41) is 3.09. The Balaban J connectivity index is 1.75. The number of carbonyl (C=O) groups is 2. The molecule has 5 nitrogen and oxygen atoms in total. The second-order valence-corrected chi connectivity index (χ2v) is 7.04. The summed E-state index contributed by atoms with van der Waals surface area (Å²) in [5.41, 5.74) is 1.75. The summed E-state index contributed by atoms with van der Waals surface area (Å²) >= 11 is 0. The molecule has 0 saturated heterocycles. The molecule has 156 valence electrons. The molecule has 2 amide bonds. The van der Waals surface area contributed by atoms with Crippen molar-refractivity contribution in [1.29, 1.82) is 0 Å². The Labute approximate surface area is 179 Å². The van der Waals surface area contributed by atoms with Crippen LogP contribution in [-0.4, -0.2) is 18.4 Å². The van der Waals surface area contributed by atoms with Crippen molar-refractivity contribution in [2.45, 2.75) is 13.3 Å². The molecule has 0 spiro atoms. The van der Waals surface area contributed by atoms with Gasteiger partial charge in [-0.25, -0.2) is 9.29 Å². The van der Waals surface area contributed by atoms with E-state index in [1.54, 1.807) is 36.4 Å². The van der Waals surface area contributed by atoms with Gasteiger partial charge in [0.1, 0.15) is 17.3 Å². The Morgan fingerprint density at radius 1 is 0.903 bits per heavy atom. The van der Waals surface area contributed by atoms with Gasteiger partial charge in [0.25, 0.3) is 11.8 Å². The molecular weight excluding hydrogens is 395 g/mol. The number of nitrogens with zero attached hydrogens (tertiary/aromatic N) is 1. The fraction of sp³-hybridized carbons (Fsp3) is 0.120. The molecule has 0 radical (unpaired) electrons. The van der Waals surface area contributed by atoms with E-state index in [0.29, 0.717) is 23.6 Å². The van der Waals surface area contributed by atoms with Crippen molar-refractivity contribution in [3.63, 3.8) is 0 Å². The first kappa shape index (κ1) is 20.3. The number of anilines is 2. The highest BCUT2D eigenvalue weighted by atomic mass is 19.1. The molecule has 4 rings (SSSR count). The first-order chi connectivity index (χ1) is 15.1. The number of benzene rings is 3. The maximum absolute atomic E-state index is 13.8. The van der Waals surface area contributed by atoms with Crippen LogP contribution in [0.4, 0.5) is 15.8 Å². The number of amides is 2. The number of nitrogens with one attached hydrogen (secondary N) is 1. The van der Waals surface area contributed by atoms with Crippen molar-refractivity contribution in [3.05, 3.63) is 95.9 Å². The van der Waals surface area contributed by atoms with Crippen molar-refractivity contribution in [1.82, 2.24) is 0 Å². The average molecular weight is 416 g/mol. The van der Waals surface area contributed by atoms with Gasteiger partial charge in [0.05, 0.1) is 17.9 Å². The highest BCUT2D eigenvalue weighted by Gasteiger charge is 2.40. The minimum atomic E-state index is -0.547. The Kier molecular flexibility index (Phi) is 5.80. The molecule has 0 saturated carbocycles. The minimum absolute atomic E-state index is 0.133. The molecule has 1 N–H and O–H groups in total. The Bertz CT molecular complexity index is 1160. The Hall–Kier alpha value is -3.93. The quantitative estimate of drug-likeness (QED) is 0.550. The summed E-state index contributed by atoms with van der Waals surface area (Å²) in [6.45, 7) is 2.59. The zero-order valence-electron chi connectivity index (χ0n) is 17.0. The van der Waals surface area contributed by atoms with E-state index >= 15 is 0 Å². The standard InChI is InChI=1S/C25H21FN2O3/c1-2-14-31-21-13-7-11-19(16-21)27-23-22(17-8-4-3-5-9-17)24(29)28(25(23)30)20-12-6-10-18(26)15-20/h3-13,15-16,27H,2,14H2,1H3. The predicted molar refractivity (Wildman–Crippen MR) is 118 cm³/mol. The van der Waals surface area contributed by atoms with Gasteiger partial charge in [-0.05, 0) is 42.3 Å². The lowest BCUT2D eigenvalue weighted by Crippen LogP contribution is -2.32. The van der Waals surface area contributed by atoms with Crippen molar-refractivity contribution in [2.75, 3.05) is 16.8 Å². The van der Waals surface area contributed by atoms with Gasteiger partial charge < -0.3 is 10.1 Å². The molecule has 0 fully saturated rings. The van der Waals surface area contributed by atoms with Gasteiger partial charge in [0.2, 0.25) is 0 Å². The SMILES string of the molecule is CCCOc1cccc(NC2=C(c3ccccc3)C(=O)N(c3cccc(F)c3)C2=O)c1. The van der Waals surface area contributed by atoms with Crippen LogP contribution in [0.3, 0.4) is 0 Å². The molecule has 0 bridgehead atoms. The van der Waals surface area contributed by atoms with Crippen molar-refractivity contribution >= 4 is 28.8 Å². The van der Waals surface area contributed by atoms with Crippen LogP contribution in [0.25, 0.3) is 5.57 Å². The summed E-state index contributed by atoms with van der Waals surface area (Å²) < 4.78 is 19.5. The van der Waals surface area contributed by atoms with Gasteiger partial charge in [0, 0.05) is 11.8 Å². The number of hydrogen-bond donors (Lipinski definition) is 1. The monoisotopic (exact) mass is 416 g/mol. The van der Waals surface area contributed by atoms with Crippen molar-refractivity contribution in [3.8, 4) is 5.75 Å². The minimum Gasteiger partial charge on any atom is -0.494 e. The highest BCUT2D eigenvalue weighted by molar-refractivity contribution is 6.46. The average Bonchev–Trinajstić information content (AvgIpc) is 3.02. The highest BCUT2D eigenvalue weighted by Crippen LogP contribution is 2.34. The number of halogens is 1. The first-order valence-electron chi connectivity index (χ1n) is 10.0. The Morgan fingerprint density at radius 3 is 2.42 bits per heavy atom. The largest absolute Gasteiger partial charge is 0.494 e. The fourth-order valence-electron chi connectivity index (χ4n) is 3.40. The summed E-state index contributed by atoms with van der Waals surface area (Å²) in [6, 6.07) is 21.6. The Morgan fingerprint density at radius 2 is 1.68 bits per heavy atom. The van der Waals surface area contributed by atoms with Gasteiger partial charge in [-0.3, -0.25) is 9.59 Å². The lowest BCUT2D eigenvalue weighted by atomic mass is 10.0. The van der Waals surface area contributed by atoms with E-state index in [4.69, 9.17) is 4.74 Å². The van der Waals surface area contributed by atoms with Gasteiger partial charge in [0.15, 0.2) is 0 Å². The van der Waals surface area contributed by atoms with Crippen LogP contribution >= 0.6 is 0 Å². The van der Waals surface area contributed by atoms with E-state index in [1.807, 2.05) is 25.1 Å². The maximum atomic E-state index is 13.8. The summed E-state index contributed by atoms with van der Waals surface area (Å²) in [4.78, 5) is 27.6. The zero-order valence-corrected chi connectivity index (χ0v) is 17.0. The third-order valence-electron chi connectivity index (χ3n) is 4.79. The number of carbonyl (C=O) groups excluding carboxylic acids is 2. The normalized spacial score (nSPS) is 13.7. The molecule has 0 unspecified atom stereocenters. The van der Waals surface area contributed by atoms with Gasteiger partial charge in [-0.2, -0.15) is 0 Å². The van der Waals surface area contributed by atoms with E-state index in [-0.39, 0.29) is 17.0 Å². The molecule has 3 aromatic carbocycles. The number of hydrogen-bond acceptors (Lipinski definition) is 4. The molecule has 3 aromatic rings. The van der Waals surface area contributed by atoms with Crippen molar-refractivity contribution < 1.29 is 18.7 Å². The third kappa shape index (κ3) is 4.19. The third-order valence-corrected chi connectivity index (χ3v) is 4.79. The van der Waals surface area contributed by atoms with Crippen LogP contribution in [0.1, 0.15) is 18.9 Å². The molecular formula is C25H21FN2O3. The first-order valence-corrected chi connectivity index (χ1v) is 10.0. The zero-order chi connectivity index (χ0) is 21.8. The molecule has 0 aromatic heterocycles. The maximum Gasteiger partial charge on any atom is 0.282 e. The lowest BCUT2D eigenvalue weighted by Gasteiger charge is -2.15. The molecule has 0 atom stereocenters. The van der Waals surface area contributed by atoms with Crippen molar-refractivity contribution in [2.24, 2.45) is 0 Å². The van der Waals surface area contributed by atoms with E-state index < -0.39 is 17.6 Å². The van der Waals surface area contributed by atoms with Gasteiger partial charge >= 0.3 is 0 Å². The van der Waals surface area contributed by atoms with E-state index in [2.05, 4.69) is 5.32 Å².